The topological polar surface area (TPSA) is 37.8 Å². The van der Waals surface area contributed by atoms with Crippen LogP contribution in [-0.4, -0.2) is 16.5 Å². The van der Waals surface area contributed by atoms with Crippen LogP contribution in [0.1, 0.15) is 32.5 Å². The van der Waals surface area contributed by atoms with Crippen LogP contribution in [0.4, 0.5) is 5.82 Å². The molecule has 0 aliphatic carbocycles. The highest BCUT2D eigenvalue weighted by Gasteiger charge is 2.09. The molecule has 20 heavy (non-hydrogen) atoms. The Morgan fingerprint density at radius 1 is 1.25 bits per heavy atom. The third kappa shape index (κ3) is 4.21. The van der Waals surface area contributed by atoms with Crippen LogP contribution in [0, 0.1) is 0 Å². The molecule has 3 nitrogen and oxygen atoms in total. The second-order valence-corrected chi connectivity index (χ2v) is 6.70. The predicted octanol–water partition coefficient (Wildman–Crippen LogP) is 4.95. The minimum Gasteiger partial charge on any atom is -0.370 e. The van der Waals surface area contributed by atoms with Gasteiger partial charge in [-0.2, -0.15) is 0 Å². The van der Waals surface area contributed by atoms with Gasteiger partial charge in [-0.3, -0.25) is 0 Å². The Kier molecular flexibility index (Phi) is 5.43. The fourth-order valence-electron chi connectivity index (χ4n) is 1.68. The molecule has 0 amide bonds. The lowest BCUT2D eigenvalue weighted by Crippen LogP contribution is -2.05. The van der Waals surface area contributed by atoms with Crippen molar-refractivity contribution in [3.05, 3.63) is 40.6 Å². The first-order chi connectivity index (χ1) is 9.58. The van der Waals surface area contributed by atoms with Crippen LogP contribution in [0.2, 0.25) is 0 Å². The summed E-state index contributed by atoms with van der Waals surface area (Å²) in [6.45, 7) is 7.14. The smallest absolute Gasteiger partial charge is 0.134 e. The van der Waals surface area contributed by atoms with E-state index in [0.29, 0.717) is 5.92 Å². The van der Waals surface area contributed by atoms with E-state index >= 15 is 0 Å². The van der Waals surface area contributed by atoms with Gasteiger partial charge >= 0.3 is 0 Å². The number of halogens is 1. The molecule has 0 spiro atoms. The summed E-state index contributed by atoms with van der Waals surface area (Å²) in [7, 11) is 0. The quantitative estimate of drug-likeness (QED) is 0.773. The standard InChI is InChI=1S/C15H18BrN3S/c1-4-17-13-9-14(19-15(18-13)10(2)3)20-12-7-5-6-11(16)8-12/h5-10H,4H2,1-3H3,(H,17,18,19). The van der Waals surface area contributed by atoms with Crippen LogP contribution >= 0.6 is 27.7 Å². The van der Waals surface area contributed by atoms with E-state index in [0.717, 1.165) is 32.6 Å². The molecule has 0 aliphatic rings. The highest BCUT2D eigenvalue weighted by atomic mass is 79.9. The van der Waals surface area contributed by atoms with Crippen molar-refractivity contribution in [1.82, 2.24) is 9.97 Å². The number of nitrogens with one attached hydrogen (secondary N) is 1. The molecule has 2 rings (SSSR count). The number of nitrogens with zero attached hydrogens (tertiary/aromatic N) is 2. The Bertz CT molecular complexity index is 587. The maximum atomic E-state index is 4.64. The maximum absolute atomic E-state index is 4.64. The Morgan fingerprint density at radius 2 is 2.05 bits per heavy atom. The first kappa shape index (κ1) is 15.3. The summed E-state index contributed by atoms with van der Waals surface area (Å²) in [6.07, 6.45) is 0. The zero-order chi connectivity index (χ0) is 14.5. The first-order valence-corrected chi connectivity index (χ1v) is 8.25. The second-order valence-electron chi connectivity index (χ2n) is 4.69. The molecule has 0 atom stereocenters. The highest BCUT2D eigenvalue weighted by molar-refractivity contribution is 9.10. The summed E-state index contributed by atoms with van der Waals surface area (Å²) in [5.74, 6) is 2.08. The highest BCUT2D eigenvalue weighted by Crippen LogP contribution is 2.30. The van der Waals surface area contributed by atoms with Gasteiger partial charge in [0.1, 0.15) is 16.7 Å². The first-order valence-electron chi connectivity index (χ1n) is 6.64. The van der Waals surface area contributed by atoms with Gasteiger partial charge in [0.2, 0.25) is 0 Å². The molecular formula is C15H18BrN3S. The minimum absolute atomic E-state index is 0.315. The third-order valence-electron chi connectivity index (χ3n) is 2.61. The van der Waals surface area contributed by atoms with Crippen molar-refractivity contribution in [2.45, 2.75) is 36.6 Å². The average Bonchev–Trinajstić information content (AvgIpc) is 2.38. The Morgan fingerprint density at radius 3 is 2.70 bits per heavy atom. The van der Waals surface area contributed by atoms with Crippen LogP contribution < -0.4 is 5.32 Å². The summed E-state index contributed by atoms with van der Waals surface area (Å²) < 4.78 is 1.08. The molecule has 0 radical (unpaired) electrons. The summed E-state index contributed by atoms with van der Waals surface area (Å²) >= 11 is 5.15. The molecule has 2 aromatic rings. The number of anilines is 1. The van der Waals surface area contributed by atoms with Crippen LogP contribution in [0.3, 0.4) is 0 Å². The van der Waals surface area contributed by atoms with E-state index < -0.39 is 0 Å². The Balaban J connectivity index is 2.30. The fourth-order valence-corrected chi connectivity index (χ4v) is 3.11. The van der Waals surface area contributed by atoms with Crippen molar-refractivity contribution in [3.8, 4) is 0 Å². The molecule has 1 aromatic carbocycles. The van der Waals surface area contributed by atoms with Crippen molar-refractivity contribution >= 4 is 33.5 Å². The van der Waals surface area contributed by atoms with E-state index in [-0.39, 0.29) is 0 Å². The van der Waals surface area contributed by atoms with Crippen LogP contribution in [-0.2, 0) is 0 Å². The van der Waals surface area contributed by atoms with Gasteiger partial charge in [-0.1, -0.05) is 47.6 Å². The molecule has 0 aliphatic heterocycles. The molecular weight excluding hydrogens is 334 g/mol. The third-order valence-corrected chi connectivity index (χ3v) is 4.01. The number of hydrogen-bond donors (Lipinski definition) is 1. The zero-order valence-corrected chi connectivity index (χ0v) is 14.3. The molecule has 1 N–H and O–H groups in total. The van der Waals surface area contributed by atoms with Crippen LogP contribution in [0.5, 0.6) is 0 Å². The molecule has 0 fully saturated rings. The molecule has 0 unspecified atom stereocenters. The van der Waals surface area contributed by atoms with Crippen molar-refractivity contribution in [2.24, 2.45) is 0 Å². The van der Waals surface area contributed by atoms with E-state index in [1.54, 1.807) is 11.8 Å². The summed E-state index contributed by atoms with van der Waals surface area (Å²) in [5, 5.41) is 4.24. The average molecular weight is 352 g/mol. The van der Waals surface area contributed by atoms with Crippen molar-refractivity contribution in [1.29, 1.82) is 0 Å². The van der Waals surface area contributed by atoms with E-state index in [9.17, 15) is 0 Å². The molecule has 0 saturated heterocycles. The van der Waals surface area contributed by atoms with Crippen molar-refractivity contribution < 1.29 is 0 Å². The number of aromatic nitrogens is 2. The fraction of sp³-hybridized carbons (Fsp3) is 0.333. The lowest BCUT2D eigenvalue weighted by molar-refractivity contribution is 0.754. The molecule has 0 saturated carbocycles. The van der Waals surface area contributed by atoms with E-state index in [4.69, 9.17) is 0 Å². The van der Waals surface area contributed by atoms with Gasteiger partial charge in [0.15, 0.2) is 0 Å². The minimum atomic E-state index is 0.315. The second kappa shape index (κ2) is 7.09. The molecule has 5 heteroatoms. The monoisotopic (exact) mass is 351 g/mol. The van der Waals surface area contributed by atoms with E-state index in [1.807, 2.05) is 18.2 Å². The SMILES string of the molecule is CCNc1cc(Sc2cccc(Br)c2)nc(C(C)C)n1. The molecule has 0 bridgehead atoms. The zero-order valence-electron chi connectivity index (χ0n) is 11.9. The Labute approximate surface area is 132 Å². The number of rotatable bonds is 5. The van der Waals surface area contributed by atoms with Gasteiger partial charge in [-0.05, 0) is 25.1 Å². The predicted molar refractivity (Wildman–Crippen MR) is 88.5 cm³/mol. The van der Waals surface area contributed by atoms with Gasteiger partial charge in [0, 0.05) is 27.9 Å². The maximum Gasteiger partial charge on any atom is 0.134 e. The number of benzene rings is 1. The molecule has 1 heterocycles. The lowest BCUT2D eigenvalue weighted by Gasteiger charge is -2.10. The normalized spacial score (nSPS) is 10.8. The van der Waals surface area contributed by atoms with Gasteiger partial charge in [-0.15, -0.1) is 0 Å². The summed E-state index contributed by atoms with van der Waals surface area (Å²) in [5.41, 5.74) is 0. The molecule has 1 aromatic heterocycles. The van der Waals surface area contributed by atoms with E-state index in [1.165, 1.54) is 0 Å². The van der Waals surface area contributed by atoms with Crippen molar-refractivity contribution in [3.63, 3.8) is 0 Å². The van der Waals surface area contributed by atoms with Gasteiger partial charge in [0.25, 0.3) is 0 Å². The molecule has 106 valence electrons. The van der Waals surface area contributed by atoms with E-state index in [2.05, 4.69) is 64.1 Å². The largest absolute Gasteiger partial charge is 0.370 e. The van der Waals surface area contributed by atoms with Crippen LogP contribution in [0.25, 0.3) is 0 Å². The summed E-state index contributed by atoms with van der Waals surface area (Å²) in [6, 6.07) is 10.2. The summed E-state index contributed by atoms with van der Waals surface area (Å²) in [4.78, 5) is 10.3. The van der Waals surface area contributed by atoms with Gasteiger partial charge in [0.05, 0.1) is 0 Å². The lowest BCUT2D eigenvalue weighted by atomic mass is 10.2. The number of hydrogen-bond acceptors (Lipinski definition) is 4. The van der Waals surface area contributed by atoms with Crippen LogP contribution in [0.15, 0.2) is 44.7 Å². The van der Waals surface area contributed by atoms with Crippen molar-refractivity contribution in [2.75, 3.05) is 11.9 Å². The van der Waals surface area contributed by atoms with Gasteiger partial charge < -0.3 is 5.32 Å². The van der Waals surface area contributed by atoms with Gasteiger partial charge in [-0.25, -0.2) is 9.97 Å². The Hall–Kier alpha value is -1.07.